The fourth-order valence-corrected chi connectivity index (χ4v) is 2.85. The van der Waals surface area contributed by atoms with Crippen LogP contribution in [0.25, 0.3) is 0 Å². The number of benzene rings is 1. The van der Waals surface area contributed by atoms with Gasteiger partial charge in [-0.3, -0.25) is 19.0 Å². The van der Waals surface area contributed by atoms with E-state index >= 15 is 0 Å². The molecule has 0 unspecified atom stereocenters. The number of fused-ring (bicyclic) bond motifs is 1. The topological polar surface area (TPSA) is 125 Å². The van der Waals surface area contributed by atoms with E-state index < -0.39 is 29.8 Å². The van der Waals surface area contributed by atoms with Crippen LogP contribution in [-0.4, -0.2) is 40.1 Å². The Labute approximate surface area is 153 Å². The lowest BCUT2D eigenvalue weighted by Crippen LogP contribution is -2.32. The van der Waals surface area contributed by atoms with Gasteiger partial charge in [0.1, 0.15) is 11.5 Å². The number of aliphatic hydroxyl groups excluding tert-OH is 1. The molecule has 2 heterocycles. The predicted molar refractivity (Wildman–Crippen MR) is 93.9 cm³/mol. The van der Waals surface area contributed by atoms with Gasteiger partial charge in [-0.2, -0.15) is 0 Å². The molecule has 1 aromatic heterocycles. The maximum absolute atomic E-state index is 13.4. The van der Waals surface area contributed by atoms with Gasteiger partial charge in [0.05, 0.1) is 12.2 Å². The molecule has 0 atom stereocenters. The van der Waals surface area contributed by atoms with Gasteiger partial charge >= 0.3 is 0 Å². The number of aliphatic hydroxyl groups is 1. The van der Waals surface area contributed by atoms with Crippen molar-refractivity contribution in [3.05, 3.63) is 56.8 Å². The summed E-state index contributed by atoms with van der Waals surface area (Å²) < 4.78 is 14.8. The molecular weight excluding hydrogens is 357 g/mol. The van der Waals surface area contributed by atoms with Crippen LogP contribution >= 0.6 is 0 Å². The number of aromatic nitrogens is 2. The van der Waals surface area contributed by atoms with Gasteiger partial charge in [0, 0.05) is 32.2 Å². The van der Waals surface area contributed by atoms with Gasteiger partial charge in [-0.15, -0.1) is 0 Å². The second-order valence-electron chi connectivity index (χ2n) is 5.87. The highest BCUT2D eigenvalue weighted by Crippen LogP contribution is 2.14. The van der Waals surface area contributed by atoms with E-state index in [1.54, 1.807) is 0 Å². The van der Waals surface area contributed by atoms with Crippen LogP contribution in [-0.2, 0) is 19.7 Å². The molecule has 0 bridgehead atoms. The summed E-state index contributed by atoms with van der Waals surface area (Å²) in [5, 5.41) is 17.4. The van der Waals surface area contributed by atoms with Crippen LogP contribution in [0.2, 0.25) is 0 Å². The first-order valence-electron chi connectivity index (χ1n) is 8.23. The number of hydrogen-bond acceptors (Lipinski definition) is 6. The van der Waals surface area contributed by atoms with Crippen LogP contribution in [0.15, 0.2) is 23.0 Å². The number of anilines is 1. The standard InChI is InChI=1S/C17H18FN5O4/c1-19-14(25)11-6-10(18)3-2-9(11)7-21-15(26)13-12(8-24)16(27)23-5-4-20-17(23)22-13/h2-3,6,24H,4-5,7-8H2,1H3,(H,19,25)(H,20,22)(H,21,26). The van der Waals surface area contributed by atoms with Crippen molar-refractivity contribution in [2.75, 3.05) is 18.9 Å². The summed E-state index contributed by atoms with van der Waals surface area (Å²) in [7, 11) is 1.41. The number of rotatable bonds is 5. The highest BCUT2D eigenvalue weighted by atomic mass is 19.1. The van der Waals surface area contributed by atoms with Crippen LogP contribution < -0.4 is 21.5 Å². The Balaban J connectivity index is 1.87. The lowest BCUT2D eigenvalue weighted by Gasteiger charge is -2.12. The summed E-state index contributed by atoms with van der Waals surface area (Å²) in [6.07, 6.45) is 0. The predicted octanol–water partition coefficient (Wildman–Crippen LogP) is -0.410. The molecule has 10 heteroatoms. The number of hydrogen-bond donors (Lipinski definition) is 4. The van der Waals surface area contributed by atoms with Crippen LogP contribution in [0.3, 0.4) is 0 Å². The highest BCUT2D eigenvalue weighted by molar-refractivity contribution is 5.96. The zero-order valence-electron chi connectivity index (χ0n) is 14.5. The molecule has 2 amide bonds. The number of amides is 2. The molecule has 0 aliphatic carbocycles. The van der Waals surface area contributed by atoms with Crippen molar-refractivity contribution in [1.82, 2.24) is 20.2 Å². The van der Waals surface area contributed by atoms with Crippen molar-refractivity contribution >= 4 is 17.8 Å². The van der Waals surface area contributed by atoms with Crippen LogP contribution in [0.1, 0.15) is 32.0 Å². The average Bonchev–Trinajstić information content (AvgIpc) is 3.15. The summed E-state index contributed by atoms with van der Waals surface area (Å²) in [6.45, 7) is 0.194. The van der Waals surface area contributed by atoms with E-state index in [0.717, 1.165) is 6.07 Å². The highest BCUT2D eigenvalue weighted by Gasteiger charge is 2.23. The third-order valence-corrected chi connectivity index (χ3v) is 4.24. The minimum absolute atomic E-state index is 0.0831. The number of halogens is 1. The largest absolute Gasteiger partial charge is 0.391 e. The molecule has 1 aliphatic heterocycles. The third kappa shape index (κ3) is 3.51. The summed E-state index contributed by atoms with van der Waals surface area (Å²) in [6, 6.07) is 3.64. The normalized spacial score (nSPS) is 12.3. The summed E-state index contributed by atoms with van der Waals surface area (Å²) in [5.74, 6) is -1.49. The van der Waals surface area contributed by atoms with E-state index in [1.165, 1.54) is 23.7 Å². The molecule has 4 N–H and O–H groups in total. The second-order valence-corrected chi connectivity index (χ2v) is 5.87. The number of carbonyl (C=O) groups is 2. The van der Waals surface area contributed by atoms with E-state index in [2.05, 4.69) is 20.9 Å². The monoisotopic (exact) mass is 375 g/mol. The maximum Gasteiger partial charge on any atom is 0.270 e. The molecule has 27 heavy (non-hydrogen) atoms. The Bertz CT molecular complexity index is 973. The average molecular weight is 375 g/mol. The maximum atomic E-state index is 13.4. The number of carbonyl (C=O) groups excluding carboxylic acids is 2. The SMILES string of the molecule is CNC(=O)c1cc(F)ccc1CNC(=O)c1nc2n(c(=O)c1CO)CCN2. The first-order chi connectivity index (χ1) is 13.0. The fraction of sp³-hybridized carbons (Fsp3) is 0.294. The minimum atomic E-state index is -0.680. The Morgan fingerprint density at radius 2 is 2.15 bits per heavy atom. The lowest BCUT2D eigenvalue weighted by atomic mass is 10.1. The van der Waals surface area contributed by atoms with E-state index in [0.29, 0.717) is 18.7 Å². The molecule has 1 aromatic carbocycles. The molecule has 0 spiro atoms. The van der Waals surface area contributed by atoms with Gasteiger partial charge in [0.25, 0.3) is 17.4 Å². The quantitative estimate of drug-likeness (QED) is 0.563. The van der Waals surface area contributed by atoms with Crippen molar-refractivity contribution in [1.29, 1.82) is 0 Å². The number of nitrogens with one attached hydrogen (secondary N) is 3. The zero-order chi connectivity index (χ0) is 19.6. The molecule has 0 saturated heterocycles. The van der Waals surface area contributed by atoms with Gasteiger partial charge in [-0.1, -0.05) is 6.07 Å². The fourth-order valence-electron chi connectivity index (χ4n) is 2.85. The van der Waals surface area contributed by atoms with Crippen LogP contribution in [0.5, 0.6) is 0 Å². The second kappa shape index (κ2) is 7.54. The summed E-state index contributed by atoms with van der Waals surface area (Å²) in [5.41, 5.74) is -0.294. The molecule has 3 rings (SSSR count). The summed E-state index contributed by atoms with van der Waals surface area (Å²) >= 11 is 0. The smallest absolute Gasteiger partial charge is 0.270 e. The van der Waals surface area contributed by atoms with E-state index in [-0.39, 0.29) is 29.3 Å². The molecule has 9 nitrogen and oxygen atoms in total. The molecule has 0 radical (unpaired) electrons. The molecule has 0 fully saturated rings. The van der Waals surface area contributed by atoms with Crippen LogP contribution in [0, 0.1) is 5.82 Å². The molecular formula is C17H18FN5O4. The Morgan fingerprint density at radius 1 is 1.37 bits per heavy atom. The van der Waals surface area contributed by atoms with Crippen molar-refractivity contribution < 1.29 is 19.1 Å². The van der Waals surface area contributed by atoms with Gasteiger partial charge in [-0.05, 0) is 17.7 Å². The van der Waals surface area contributed by atoms with E-state index in [1.807, 2.05) is 0 Å². The van der Waals surface area contributed by atoms with Crippen molar-refractivity contribution in [2.45, 2.75) is 19.7 Å². The Hall–Kier alpha value is -3.27. The molecule has 142 valence electrons. The van der Waals surface area contributed by atoms with Crippen molar-refractivity contribution in [3.8, 4) is 0 Å². The minimum Gasteiger partial charge on any atom is -0.391 e. The molecule has 0 saturated carbocycles. The van der Waals surface area contributed by atoms with E-state index in [9.17, 15) is 23.9 Å². The molecule has 1 aliphatic rings. The third-order valence-electron chi connectivity index (χ3n) is 4.24. The van der Waals surface area contributed by atoms with Gasteiger partial charge < -0.3 is 21.1 Å². The first kappa shape index (κ1) is 18.5. The van der Waals surface area contributed by atoms with Gasteiger partial charge in [-0.25, -0.2) is 9.37 Å². The van der Waals surface area contributed by atoms with Crippen LogP contribution in [0.4, 0.5) is 10.3 Å². The van der Waals surface area contributed by atoms with Crippen molar-refractivity contribution in [3.63, 3.8) is 0 Å². The first-order valence-corrected chi connectivity index (χ1v) is 8.23. The Morgan fingerprint density at radius 3 is 2.85 bits per heavy atom. The number of nitrogens with zero attached hydrogens (tertiary/aromatic N) is 2. The molecule has 2 aromatic rings. The Kier molecular flexibility index (Phi) is 5.17. The van der Waals surface area contributed by atoms with Gasteiger partial charge in [0.2, 0.25) is 5.95 Å². The summed E-state index contributed by atoms with van der Waals surface area (Å²) in [4.78, 5) is 40.9. The van der Waals surface area contributed by atoms with Crippen molar-refractivity contribution in [2.24, 2.45) is 0 Å². The zero-order valence-corrected chi connectivity index (χ0v) is 14.5. The lowest BCUT2D eigenvalue weighted by molar-refractivity contribution is 0.0933. The van der Waals surface area contributed by atoms with E-state index in [4.69, 9.17) is 0 Å². The van der Waals surface area contributed by atoms with Gasteiger partial charge in [0.15, 0.2) is 0 Å².